The molecular weight excluding hydrogens is 222 g/mol. The number of hydrogen-bond acceptors (Lipinski definition) is 6. The molecule has 17 heavy (non-hydrogen) atoms. The maximum atomic E-state index is 8.90. The molecular formula is C10H15N5O2. The van der Waals surface area contributed by atoms with E-state index in [-0.39, 0.29) is 13.2 Å². The molecule has 0 bridgehead atoms. The van der Waals surface area contributed by atoms with Crippen molar-refractivity contribution in [3.05, 3.63) is 24.3 Å². The van der Waals surface area contributed by atoms with Gasteiger partial charge in [-0.3, -0.25) is 0 Å². The van der Waals surface area contributed by atoms with Crippen LogP contribution in [0.15, 0.2) is 24.3 Å². The molecule has 0 amide bonds. The third kappa shape index (κ3) is 2.70. The first-order valence-electron chi connectivity index (χ1n) is 5.39. The first kappa shape index (κ1) is 11.8. The van der Waals surface area contributed by atoms with Gasteiger partial charge in [-0.1, -0.05) is 12.1 Å². The lowest BCUT2D eigenvalue weighted by atomic mass is 10.3. The average molecular weight is 237 g/mol. The zero-order valence-corrected chi connectivity index (χ0v) is 9.32. The highest BCUT2D eigenvalue weighted by Gasteiger charge is 2.07. The van der Waals surface area contributed by atoms with E-state index in [1.54, 1.807) is 5.01 Å². The number of hydrazine groups is 1. The summed E-state index contributed by atoms with van der Waals surface area (Å²) in [6.07, 6.45) is 0. The van der Waals surface area contributed by atoms with Crippen molar-refractivity contribution >= 4 is 11.0 Å². The van der Waals surface area contributed by atoms with Crippen LogP contribution in [0.4, 0.5) is 0 Å². The van der Waals surface area contributed by atoms with Gasteiger partial charge in [-0.05, 0) is 17.3 Å². The number of aliphatic hydroxyl groups is 2. The number of aliphatic hydroxyl groups excluding tert-OH is 2. The van der Waals surface area contributed by atoms with Crippen LogP contribution in [0.3, 0.4) is 0 Å². The molecule has 0 spiro atoms. The Kier molecular flexibility index (Phi) is 3.86. The zero-order valence-electron chi connectivity index (χ0n) is 9.32. The van der Waals surface area contributed by atoms with Gasteiger partial charge in [-0.15, -0.1) is 9.89 Å². The van der Waals surface area contributed by atoms with Gasteiger partial charge in [-0.2, -0.15) is 0 Å². The normalized spacial score (nSPS) is 11.2. The van der Waals surface area contributed by atoms with Crippen LogP contribution in [0.2, 0.25) is 0 Å². The summed E-state index contributed by atoms with van der Waals surface area (Å²) in [7, 11) is 0. The van der Waals surface area contributed by atoms with Crippen LogP contribution in [-0.2, 0) is 0 Å². The Labute approximate surface area is 98.2 Å². The van der Waals surface area contributed by atoms with Gasteiger partial charge in [0, 0.05) is 13.1 Å². The molecule has 1 aromatic carbocycles. The minimum absolute atomic E-state index is 0.000367. The van der Waals surface area contributed by atoms with Gasteiger partial charge >= 0.3 is 0 Å². The van der Waals surface area contributed by atoms with Gasteiger partial charge in [0.25, 0.3) is 0 Å². The van der Waals surface area contributed by atoms with E-state index in [1.807, 2.05) is 24.3 Å². The number of aromatic nitrogens is 3. The van der Waals surface area contributed by atoms with Gasteiger partial charge in [0.2, 0.25) is 0 Å². The van der Waals surface area contributed by atoms with Gasteiger partial charge in [0.15, 0.2) is 0 Å². The number of fused-ring (bicyclic) bond motifs is 1. The van der Waals surface area contributed by atoms with Gasteiger partial charge in [0.05, 0.1) is 13.2 Å². The van der Waals surface area contributed by atoms with Crippen LogP contribution < -0.4 is 5.53 Å². The van der Waals surface area contributed by atoms with Crippen molar-refractivity contribution in [1.82, 2.24) is 20.1 Å². The molecule has 2 aromatic rings. The molecule has 2 rings (SSSR count). The molecule has 0 aliphatic carbocycles. The molecule has 7 heteroatoms. The molecule has 0 aliphatic heterocycles. The molecule has 1 aromatic heterocycles. The molecule has 0 atom stereocenters. The van der Waals surface area contributed by atoms with Crippen LogP contribution in [-0.4, -0.2) is 56.6 Å². The van der Waals surface area contributed by atoms with Crippen molar-refractivity contribution < 1.29 is 10.2 Å². The van der Waals surface area contributed by atoms with Crippen molar-refractivity contribution in [2.24, 2.45) is 0 Å². The molecule has 3 N–H and O–H groups in total. The Hall–Kier alpha value is -1.70. The molecule has 7 nitrogen and oxygen atoms in total. The quantitative estimate of drug-likeness (QED) is 0.569. The molecule has 0 unspecified atom stereocenters. The lowest BCUT2D eigenvalue weighted by Gasteiger charge is -2.21. The van der Waals surface area contributed by atoms with E-state index >= 15 is 0 Å². The van der Waals surface area contributed by atoms with Crippen molar-refractivity contribution in [1.29, 1.82) is 0 Å². The predicted octanol–water partition coefficient (Wildman–Crippen LogP) is -0.824. The highest BCUT2D eigenvalue weighted by molar-refractivity contribution is 5.73. The Balaban J connectivity index is 2.15. The second-order valence-electron chi connectivity index (χ2n) is 3.52. The summed E-state index contributed by atoms with van der Waals surface area (Å²) in [5, 5.41) is 27.4. The van der Waals surface area contributed by atoms with Crippen molar-refractivity contribution in [3.63, 3.8) is 0 Å². The van der Waals surface area contributed by atoms with Crippen LogP contribution >= 0.6 is 0 Å². The molecule has 0 radical (unpaired) electrons. The Morgan fingerprint density at radius 1 is 1.18 bits per heavy atom. The largest absolute Gasteiger partial charge is 0.395 e. The number of nitrogens with one attached hydrogen (secondary N) is 1. The van der Waals surface area contributed by atoms with E-state index in [0.717, 1.165) is 11.0 Å². The number of nitrogens with zero attached hydrogens (tertiary/aromatic N) is 4. The molecule has 1 heterocycles. The number of benzene rings is 1. The zero-order chi connectivity index (χ0) is 12.1. The van der Waals surface area contributed by atoms with Crippen LogP contribution in [0.25, 0.3) is 11.0 Å². The van der Waals surface area contributed by atoms with Crippen molar-refractivity contribution in [2.45, 2.75) is 0 Å². The highest BCUT2D eigenvalue weighted by atomic mass is 16.3. The molecule has 0 saturated heterocycles. The maximum Gasteiger partial charge on any atom is 0.115 e. The lowest BCUT2D eigenvalue weighted by molar-refractivity contribution is 0.166. The maximum absolute atomic E-state index is 8.90. The van der Waals surface area contributed by atoms with Crippen LogP contribution in [0.5, 0.6) is 0 Å². The fourth-order valence-corrected chi connectivity index (χ4v) is 1.53. The summed E-state index contributed by atoms with van der Waals surface area (Å²) < 4.78 is 0. The first-order chi connectivity index (χ1) is 8.35. The van der Waals surface area contributed by atoms with E-state index in [1.165, 1.54) is 4.79 Å². The van der Waals surface area contributed by atoms with Crippen LogP contribution in [0.1, 0.15) is 0 Å². The van der Waals surface area contributed by atoms with Gasteiger partial charge in [0.1, 0.15) is 11.0 Å². The fourth-order valence-electron chi connectivity index (χ4n) is 1.53. The van der Waals surface area contributed by atoms with Crippen molar-refractivity contribution in [2.75, 3.05) is 31.8 Å². The minimum atomic E-state index is -0.000367. The second-order valence-corrected chi connectivity index (χ2v) is 3.52. The molecule has 0 fully saturated rings. The molecule has 92 valence electrons. The standard InChI is InChI=1S/C10H15N5O2/c16-7-5-14(6-8-17)13-15-10-4-2-1-3-9(10)11-12-15/h1-4,13,16-17H,5-8H2. The Bertz CT molecular complexity index is 466. The van der Waals surface area contributed by atoms with E-state index in [4.69, 9.17) is 10.2 Å². The van der Waals surface area contributed by atoms with E-state index in [2.05, 4.69) is 15.8 Å². The monoisotopic (exact) mass is 237 g/mol. The summed E-state index contributed by atoms with van der Waals surface area (Å²) in [6, 6.07) is 7.54. The minimum Gasteiger partial charge on any atom is -0.395 e. The van der Waals surface area contributed by atoms with Gasteiger partial charge in [-0.25, -0.2) is 10.5 Å². The lowest BCUT2D eigenvalue weighted by Crippen LogP contribution is -2.40. The van der Waals surface area contributed by atoms with Gasteiger partial charge < -0.3 is 10.2 Å². The summed E-state index contributed by atoms with van der Waals surface area (Å²) in [4.78, 5) is 1.51. The number of hydrogen-bond donors (Lipinski definition) is 3. The third-order valence-corrected chi connectivity index (χ3v) is 2.33. The summed E-state index contributed by atoms with van der Waals surface area (Å²) in [5.74, 6) is 0. The van der Waals surface area contributed by atoms with E-state index < -0.39 is 0 Å². The third-order valence-electron chi connectivity index (χ3n) is 2.33. The van der Waals surface area contributed by atoms with E-state index in [0.29, 0.717) is 13.1 Å². The highest BCUT2D eigenvalue weighted by Crippen LogP contribution is 2.08. The first-order valence-corrected chi connectivity index (χ1v) is 5.39. The number of para-hydroxylation sites is 1. The average Bonchev–Trinajstić information content (AvgIpc) is 2.74. The smallest absolute Gasteiger partial charge is 0.115 e. The van der Waals surface area contributed by atoms with Crippen molar-refractivity contribution in [3.8, 4) is 0 Å². The SMILES string of the molecule is OCCN(CCO)Nn1nnc2ccccc21. The predicted molar refractivity (Wildman–Crippen MR) is 62.6 cm³/mol. The molecule has 0 aliphatic rings. The van der Waals surface area contributed by atoms with Crippen LogP contribution in [0, 0.1) is 0 Å². The Morgan fingerprint density at radius 3 is 2.59 bits per heavy atom. The molecule has 0 saturated carbocycles. The number of rotatable bonds is 6. The topological polar surface area (TPSA) is 86.4 Å². The summed E-state index contributed by atoms with van der Waals surface area (Å²) in [6.45, 7) is 0.794. The summed E-state index contributed by atoms with van der Waals surface area (Å²) >= 11 is 0. The second kappa shape index (κ2) is 5.58. The summed E-state index contributed by atoms with van der Waals surface area (Å²) in [5.41, 5.74) is 4.59. The fraction of sp³-hybridized carbons (Fsp3) is 0.400. The Morgan fingerprint density at radius 2 is 1.88 bits per heavy atom. The van der Waals surface area contributed by atoms with E-state index in [9.17, 15) is 0 Å².